The normalized spacial score (nSPS) is 11.0. The number of carboxylic acid groups (broad SMARTS) is 1. The number of thiazole rings is 1. The highest BCUT2D eigenvalue weighted by atomic mass is 32.1. The first-order valence-electron chi connectivity index (χ1n) is 6.76. The number of carboxylic acids is 1. The van der Waals surface area contributed by atoms with E-state index in [2.05, 4.69) is 32.9 Å². The molecule has 1 heterocycles. The maximum Gasteiger partial charge on any atom is 0.303 e. The summed E-state index contributed by atoms with van der Waals surface area (Å²) in [5.41, 5.74) is 3.37. The standard InChI is InChI=1S/C16H19NO2S/c1-10(2)15-13(8-9-14(18)19)20-16(17-15)12-7-5-4-6-11(12)3/h4-7,10H,8-9H2,1-3H3,(H,18,19). The largest absolute Gasteiger partial charge is 0.481 e. The predicted octanol–water partition coefficient (Wildman–Crippen LogP) is 4.26. The van der Waals surface area contributed by atoms with Crippen LogP contribution >= 0.6 is 11.3 Å². The van der Waals surface area contributed by atoms with E-state index in [1.807, 2.05) is 12.1 Å². The van der Waals surface area contributed by atoms with Gasteiger partial charge in [0.05, 0.1) is 12.1 Å². The number of benzene rings is 1. The van der Waals surface area contributed by atoms with Gasteiger partial charge in [-0.05, 0) is 24.8 Å². The second-order valence-corrected chi connectivity index (χ2v) is 6.27. The van der Waals surface area contributed by atoms with Gasteiger partial charge in [-0.1, -0.05) is 38.1 Å². The minimum Gasteiger partial charge on any atom is -0.481 e. The molecule has 1 aromatic carbocycles. The lowest BCUT2D eigenvalue weighted by molar-refractivity contribution is -0.136. The minimum atomic E-state index is -0.759. The third-order valence-corrected chi connectivity index (χ3v) is 4.38. The fraction of sp³-hybridized carbons (Fsp3) is 0.375. The van der Waals surface area contributed by atoms with E-state index in [0.717, 1.165) is 21.1 Å². The maximum atomic E-state index is 10.8. The molecule has 0 aliphatic carbocycles. The summed E-state index contributed by atoms with van der Waals surface area (Å²) in [5.74, 6) is -0.446. The Labute approximate surface area is 123 Å². The molecule has 0 saturated heterocycles. The summed E-state index contributed by atoms with van der Waals surface area (Å²) in [6.07, 6.45) is 0.724. The summed E-state index contributed by atoms with van der Waals surface area (Å²) in [5, 5.41) is 9.85. The van der Waals surface area contributed by atoms with Crippen molar-refractivity contribution in [1.82, 2.24) is 4.98 Å². The molecule has 0 saturated carbocycles. The Kier molecular flexibility index (Phi) is 4.55. The van der Waals surface area contributed by atoms with E-state index in [4.69, 9.17) is 10.1 Å². The van der Waals surface area contributed by atoms with E-state index in [9.17, 15) is 4.79 Å². The van der Waals surface area contributed by atoms with Crippen LogP contribution in [-0.2, 0) is 11.2 Å². The molecule has 0 aliphatic heterocycles. The van der Waals surface area contributed by atoms with Gasteiger partial charge >= 0.3 is 5.97 Å². The topological polar surface area (TPSA) is 50.2 Å². The van der Waals surface area contributed by atoms with Crippen molar-refractivity contribution < 1.29 is 9.90 Å². The summed E-state index contributed by atoms with van der Waals surface area (Å²) in [6, 6.07) is 8.17. The van der Waals surface area contributed by atoms with Crippen molar-refractivity contribution in [2.75, 3.05) is 0 Å². The number of hydrogen-bond acceptors (Lipinski definition) is 3. The van der Waals surface area contributed by atoms with Crippen LogP contribution in [0.1, 0.15) is 42.3 Å². The molecule has 0 bridgehead atoms. The minimum absolute atomic E-state index is 0.162. The van der Waals surface area contributed by atoms with Crippen LogP contribution in [0.2, 0.25) is 0 Å². The van der Waals surface area contributed by atoms with Gasteiger partial charge in [0.1, 0.15) is 5.01 Å². The zero-order valence-electron chi connectivity index (χ0n) is 12.0. The number of aryl methyl sites for hydroxylation is 2. The van der Waals surface area contributed by atoms with Crippen molar-refractivity contribution >= 4 is 17.3 Å². The Morgan fingerprint density at radius 1 is 1.35 bits per heavy atom. The van der Waals surface area contributed by atoms with Crippen LogP contribution in [0.25, 0.3) is 10.6 Å². The third kappa shape index (κ3) is 3.25. The van der Waals surface area contributed by atoms with E-state index in [1.54, 1.807) is 11.3 Å². The van der Waals surface area contributed by atoms with Gasteiger partial charge in [-0.2, -0.15) is 0 Å². The molecule has 0 amide bonds. The van der Waals surface area contributed by atoms with Crippen molar-refractivity contribution in [3.05, 3.63) is 40.4 Å². The molecule has 1 aromatic heterocycles. The van der Waals surface area contributed by atoms with E-state index in [0.29, 0.717) is 12.3 Å². The van der Waals surface area contributed by atoms with Gasteiger partial charge in [-0.25, -0.2) is 4.98 Å². The highest BCUT2D eigenvalue weighted by Gasteiger charge is 2.16. The van der Waals surface area contributed by atoms with Gasteiger partial charge in [-0.15, -0.1) is 11.3 Å². The first-order valence-corrected chi connectivity index (χ1v) is 7.58. The number of aliphatic carboxylic acids is 1. The summed E-state index contributed by atoms with van der Waals surface area (Å²) in [4.78, 5) is 16.6. The zero-order valence-corrected chi connectivity index (χ0v) is 12.8. The Bertz CT molecular complexity index is 617. The number of nitrogens with zero attached hydrogens (tertiary/aromatic N) is 1. The van der Waals surface area contributed by atoms with Crippen molar-refractivity contribution in [3.63, 3.8) is 0 Å². The summed E-state index contributed by atoms with van der Waals surface area (Å²) in [7, 11) is 0. The molecule has 0 atom stereocenters. The van der Waals surface area contributed by atoms with E-state index >= 15 is 0 Å². The SMILES string of the molecule is Cc1ccccc1-c1nc(C(C)C)c(CCC(=O)O)s1. The van der Waals surface area contributed by atoms with Crippen LogP contribution in [-0.4, -0.2) is 16.1 Å². The first kappa shape index (κ1) is 14.7. The van der Waals surface area contributed by atoms with Crippen LogP contribution in [0.15, 0.2) is 24.3 Å². The molecule has 4 heteroatoms. The van der Waals surface area contributed by atoms with Gasteiger partial charge in [0.2, 0.25) is 0 Å². The quantitative estimate of drug-likeness (QED) is 0.894. The van der Waals surface area contributed by atoms with Crippen LogP contribution in [0.5, 0.6) is 0 Å². The van der Waals surface area contributed by atoms with Crippen molar-refractivity contribution in [1.29, 1.82) is 0 Å². The van der Waals surface area contributed by atoms with Crippen LogP contribution in [0.4, 0.5) is 0 Å². The molecule has 2 aromatic rings. The molecule has 3 nitrogen and oxygen atoms in total. The zero-order chi connectivity index (χ0) is 14.7. The number of rotatable bonds is 5. The Balaban J connectivity index is 2.39. The molecular weight excluding hydrogens is 270 g/mol. The molecule has 0 radical (unpaired) electrons. The lowest BCUT2D eigenvalue weighted by atomic mass is 10.1. The lowest BCUT2D eigenvalue weighted by Crippen LogP contribution is -1.99. The second kappa shape index (κ2) is 6.18. The molecule has 106 valence electrons. The van der Waals surface area contributed by atoms with Crippen molar-refractivity contribution in [3.8, 4) is 10.6 Å². The monoisotopic (exact) mass is 289 g/mol. The Hall–Kier alpha value is -1.68. The van der Waals surface area contributed by atoms with Gasteiger partial charge in [-0.3, -0.25) is 4.79 Å². The van der Waals surface area contributed by atoms with Crippen LogP contribution in [0.3, 0.4) is 0 Å². The van der Waals surface area contributed by atoms with Gasteiger partial charge in [0.25, 0.3) is 0 Å². The van der Waals surface area contributed by atoms with E-state index in [-0.39, 0.29) is 6.42 Å². The molecule has 20 heavy (non-hydrogen) atoms. The fourth-order valence-electron chi connectivity index (χ4n) is 2.14. The fourth-order valence-corrected chi connectivity index (χ4v) is 3.45. The van der Waals surface area contributed by atoms with Gasteiger partial charge in [0, 0.05) is 10.4 Å². The average Bonchev–Trinajstić information content (AvgIpc) is 2.81. The van der Waals surface area contributed by atoms with E-state index in [1.165, 1.54) is 5.56 Å². The molecule has 0 fully saturated rings. The molecular formula is C16H19NO2S. The van der Waals surface area contributed by atoms with Gasteiger partial charge < -0.3 is 5.11 Å². The second-order valence-electron chi connectivity index (χ2n) is 5.19. The average molecular weight is 289 g/mol. The molecule has 0 aliphatic rings. The number of carbonyl (C=O) groups is 1. The molecule has 1 N–H and O–H groups in total. The highest BCUT2D eigenvalue weighted by Crippen LogP contribution is 2.33. The lowest BCUT2D eigenvalue weighted by Gasteiger charge is -2.03. The Morgan fingerprint density at radius 3 is 2.65 bits per heavy atom. The van der Waals surface area contributed by atoms with E-state index < -0.39 is 5.97 Å². The van der Waals surface area contributed by atoms with Crippen LogP contribution in [0, 0.1) is 6.92 Å². The maximum absolute atomic E-state index is 10.8. The molecule has 2 rings (SSSR count). The van der Waals surface area contributed by atoms with Crippen molar-refractivity contribution in [2.45, 2.75) is 39.5 Å². The summed E-state index contributed by atoms with van der Waals surface area (Å²) >= 11 is 1.62. The first-order chi connectivity index (χ1) is 9.49. The van der Waals surface area contributed by atoms with Crippen molar-refractivity contribution in [2.24, 2.45) is 0 Å². The highest BCUT2D eigenvalue weighted by molar-refractivity contribution is 7.15. The summed E-state index contributed by atoms with van der Waals surface area (Å²) in [6.45, 7) is 6.27. The molecule has 0 spiro atoms. The Morgan fingerprint density at radius 2 is 2.05 bits per heavy atom. The number of hydrogen-bond donors (Lipinski definition) is 1. The molecule has 0 unspecified atom stereocenters. The smallest absolute Gasteiger partial charge is 0.303 e. The van der Waals surface area contributed by atoms with Gasteiger partial charge in [0.15, 0.2) is 0 Å². The number of aromatic nitrogens is 1. The van der Waals surface area contributed by atoms with Crippen LogP contribution < -0.4 is 0 Å². The third-order valence-electron chi connectivity index (χ3n) is 3.22. The predicted molar refractivity (Wildman–Crippen MR) is 82.3 cm³/mol. The summed E-state index contributed by atoms with van der Waals surface area (Å²) < 4.78 is 0.